The highest BCUT2D eigenvalue weighted by Crippen LogP contribution is 2.34. The lowest BCUT2D eigenvalue weighted by Crippen LogP contribution is -2.48. The number of nitrogens with zero attached hydrogens (tertiary/aromatic N) is 2. The molecule has 5 rings (SSSR count). The third-order valence-corrected chi connectivity index (χ3v) is 9.75. The molecule has 42 heavy (non-hydrogen) atoms. The minimum absolute atomic E-state index is 0.0107. The maximum atomic E-state index is 13.5. The second-order valence-corrected chi connectivity index (χ2v) is 12.9. The number of urea groups is 2. The van der Waals surface area contributed by atoms with E-state index in [4.69, 9.17) is 11.5 Å². The number of amides is 4. The lowest BCUT2D eigenvalue weighted by atomic mass is 9.80. The molecule has 0 atom stereocenters. The molecule has 0 radical (unpaired) electrons. The average molecular weight is 575 g/mol. The topological polar surface area (TPSA) is 117 Å². The van der Waals surface area contributed by atoms with Gasteiger partial charge < -0.3 is 31.9 Å². The average Bonchev–Trinajstić information content (AvgIpc) is 3.02. The zero-order chi connectivity index (χ0) is 29.3. The summed E-state index contributed by atoms with van der Waals surface area (Å²) in [5, 5.41) is 6.27. The molecular formula is C34H50N6O2. The Morgan fingerprint density at radius 1 is 0.548 bits per heavy atom. The number of benzene rings is 2. The first-order chi connectivity index (χ1) is 20.4. The van der Waals surface area contributed by atoms with E-state index in [1.54, 1.807) is 0 Å². The van der Waals surface area contributed by atoms with Gasteiger partial charge in [-0.1, -0.05) is 38.5 Å². The summed E-state index contributed by atoms with van der Waals surface area (Å²) in [6, 6.07) is 15.4. The molecule has 0 spiro atoms. The van der Waals surface area contributed by atoms with Crippen molar-refractivity contribution in [2.75, 3.05) is 35.2 Å². The van der Waals surface area contributed by atoms with E-state index in [9.17, 15) is 9.59 Å². The number of nitrogen functional groups attached to an aromatic ring is 2. The van der Waals surface area contributed by atoms with Crippen LogP contribution in [0.4, 0.5) is 32.3 Å². The van der Waals surface area contributed by atoms with E-state index in [1.807, 2.05) is 48.5 Å². The molecule has 2 aromatic carbocycles. The van der Waals surface area contributed by atoms with Gasteiger partial charge in [0.1, 0.15) is 0 Å². The Balaban J connectivity index is 1.18. The third kappa shape index (κ3) is 8.33. The van der Waals surface area contributed by atoms with E-state index in [0.29, 0.717) is 35.3 Å². The van der Waals surface area contributed by atoms with Gasteiger partial charge in [-0.05, 0) is 112 Å². The lowest BCUT2D eigenvalue weighted by molar-refractivity contribution is 0.117. The number of carbonyl (C=O) groups is 2. The number of hydrogen-bond acceptors (Lipinski definition) is 4. The molecule has 0 saturated heterocycles. The van der Waals surface area contributed by atoms with Crippen molar-refractivity contribution < 1.29 is 9.59 Å². The smallest absolute Gasteiger partial charge is 0.322 e. The molecule has 8 nitrogen and oxygen atoms in total. The van der Waals surface area contributed by atoms with Crippen molar-refractivity contribution in [3.05, 3.63) is 48.5 Å². The van der Waals surface area contributed by atoms with Crippen LogP contribution >= 0.6 is 0 Å². The predicted octanol–water partition coefficient (Wildman–Crippen LogP) is 7.69. The number of nitrogens with one attached hydrogen (secondary N) is 2. The molecule has 3 aliphatic rings. The van der Waals surface area contributed by atoms with E-state index in [2.05, 4.69) is 20.4 Å². The summed E-state index contributed by atoms with van der Waals surface area (Å²) in [4.78, 5) is 31.3. The second-order valence-electron chi connectivity index (χ2n) is 12.9. The summed E-state index contributed by atoms with van der Waals surface area (Å²) in [7, 11) is 0. The van der Waals surface area contributed by atoms with Gasteiger partial charge in [-0.3, -0.25) is 0 Å². The zero-order valence-corrected chi connectivity index (χ0v) is 25.1. The van der Waals surface area contributed by atoms with E-state index in [1.165, 1.54) is 38.5 Å². The van der Waals surface area contributed by atoms with Crippen LogP contribution in [-0.2, 0) is 0 Å². The fraction of sp³-hybridized carbons (Fsp3) is 0.588. The Kier molecular flexibility index (Phi) is 10.5. The summed E-state index contributed by atoms with van der Waals surface area (Å²) in [6.45, 7) is 1.62. The van der Waals surface area contributed by atoms with Crippen LogP contribution in [0.2, 0.25) is 0 Å². The Bertz CT molecular complexity index is 1040. The van der Waals surface area contributed by atoms with Crippen molar-refractivity contribution in [3.8, 4) is 0 Å². The monoisotopic (exact) mass is 574 g/mol. The normalized spacial score (nSPS) is 21.8. The quantitative estimate of drug-likeness (QED) is 0.242. The molecule has 228 valence electrons. The highest BCUT2D eigenvalue weighted by atomic mass is 16.2. The Labute approximate surface area is 251 Å². The molecule has 8 heteroatoms. The van der Waals surface area contributed by atoms with E-state index >= 15 is 0 Å². The van der Waals surface area contributed by atoms with Crippen molar-refractivity contribution >= 4 is 34.8 Å². The summed E-state index contributed by atoms with van der Waals surface area (Å²) < 4.78 is 0. The highest BCUT2D eigenvalue weighted by molar-refractivity contribution is 5.90. The maximum Gasteiger partial charge on any atom is 0.322 e. The Morgan fingerprint density at radius 3 is 1.21 bits per heavy atom. The van der Waals surface area contributed by atoms with Crippen LogP contribution in [0.15, 0.2) is 48.5 Å². The number of rotatable bonds is 8. The second kappa shape index (κ2) is 14.7. The van der Waals surface area contributed by atoms with E-state index in [0.717, 1.165) is 75.8 Å². The Hall–Kier alpha value is -3.42. The van der Waals surface area contributed by atoms with Crippen molar-refractivity contribution in [1.82, 2.24) is 9.80 Å². The van der Waals surface area contributed by atoms with Gasteiger partial charge in [0, 0.05) is 47.9 Å². The van der Waals surface area contributed by atoms with Gasteiger partial charge in [0.2, 0.25) is 0 Å². The zero-order valence-electron chi connectivity index (χ0n) is 25.1. The summed E-state index contributed by atoms with van der Waals surface area (Å²) in [5.74, 6) is 0.985. The SMILES string of the molecule is Nc1ccc(NC(=O)N(CC2CCC(CN(C(=O)Nc3ccc(N)cc3)C3CCCCC3)CC2)C2CCCCC2)cc1. The van der Waals surface area contributed by atoms with Gasteiger partial charge in [-0.2, -0.15) is 0 Å². The van der Waals surface area contributed by atoms with Crippen LogP contribution in [0, 0.1) is 11.8 Å². The molecule has 0 bridgehead atoms. The van der Waals surface area contributed by atoms with Crippen LogP contribution in [0.3, 0.4) is 0 Å². The molecule has 3 aliphatic carbocycles. The maximum absolute atomic E-state index is 13.5. The van der Waals surface area contributed by atoms with Gasteiger partial charge in [-0.25, -0.2) is 9.59 Å². The van der Waals surface area contributed by atoms with Gasteiger partial charge in [-0.15, -0.1) is 0 Å². The summed E-state index contributed by atoms with van der Waals surface area (Å²) in [5.41, 5.74) is 14.7. The molecule has 0 aromatic heterocycles. The van der Waals surface area contributed by atoms with Crippen LogP contribution in [-0.4, -0.2) is 47.0 Å². The van der Waals surface area contributed by atoms with Crippen LogP contribution in [0.5, 0.6) is 0 Å². The largest absolute Gasteiger partial charge is 0.399 e. The van der Waals surface area contributed by atoms with E-state index < -0.39 is 0 Å². The fourth-order valence-corrected chi connectivity index (χ4v) is 7.26. The fourth-order valence-electron chi connectivity index (χ4n) is 7.26. The molecule has 0 heterocycles. The number of hydrogen-bond donors (Lipinski definition) is 4. The molecule has 0 unspecified atom stereocenters. The molecular weight excluding hydrogens is 524 g/mol. The lowest BCUT2D eigenvalue weighted by Gasteiger charge is -2.40. The molecule has 0 aliphatic heterocycles. The van der Waals surface area contributed by atoms with Crippen LogP contribution < -0.4 is 22.1 Å². The first-order valence-electron chi connectivity index (χ1n) is 16.3. The van der Waals surface area contributed by atoms with E-state index in [-0.39, 0.29) is 12.1 Å². The number of nitrogens with two attached hydrogens (primary N) is 2. The predicted molar refractivity (Wildman–Crippen MR) is 172 cm³/mol. The standard InChI is InChI=1S/C34H50N6O2/c35-27-15-19-29(20-16-27)37-33(41)39(31-7-3-1-4-8-31)23-25-11-13-26(14-12-25)24-40(32-9-5-2-6-10-32)34(42)38-30-21-17-28(36)18-22-30/h15-22,25-26,31-32H,1-14,23-24,35-36H2,(H,37,41)(H,38,42). The third-order valence-electron chi connectivity index (χ3n) is 9.75. The van der Waals surface area contributed by atoms with Crippen LogP contribution in [0.25, 0.3) is 0 Å². The van der Waals surface area contributed by atoms with Crippen molar-refractivity contribution in [1.29, 1.82) is 0 Å². The van der Waals surface area contributed by atoms with Crippen molar-refractivity contribution in [2.24, 2.45) is 11.8 Å². The van der Waals surface area contributed by atoms with Crippen molar-refractivity contribution in [2.45, 2.75) is 102 Å². The molecule has 3 fully saturated rings. The first-order valence-corrected chi connectivity index (χ1v) is 16.3. The van der Waals surface area contributed by atoms with Gasteiger partial charge >= 0.3 is 12.1 Å². The molecule has 6 N–H and O–H groups in total. The first kappa shape index (κ1) is 30.1. The minimum atomic E-state index is 0.0107. The van der Waals surface area contributed by atoms with Gasteiger partial charge in [0.15, 0.2) is 0 Å². The highest BCUT2D eigenvalue weighted by Gasteiger charge is 2.33. The van der Waals surface area contributed by atoms with Crippen molar-refractivity contribution in [3.63, 3.8) is 0 Å². The van der Waals surface area contributed by atoms with Gasteiger partial charge in [0.05, 0.1) is 0 Å². The summed E-state index contributed by atoms with van der Waals surface area (Å²) >= 11 is 0. The van der Waals surface area contributed by atoms with Crippen LogP contribution in [0.1, 0.15) is 89.9 Å². The minimum Gasteiger partial charge on any atom is -0.399 e. The Morgan fingerprint density at radius 2 is 0.881 bits per heavy atom. The summed E-state index contributed by atoms with van der Waals surface area (Å²) in [6.07, 6.45) is 16.0. The molecule has 2 aromatic rings. The van der Waals surface area contributed by atoms with Gasteiger partial charge in [0.25, 0.3) is 0 Å². The number of anilines is 4. The molecule has 4 amide bonds. The number of carbonyl (C=O) groups excluding carboxylic acids is 2. The molecule has 3 saturated carbocycles.